The third kappa shape index (κ3) is 9.02. The van der Waals surface area contributed by atoms with Crippen molar-refractivity contribution in [3.05, 3.63) is 130 Å². The van der Waals surface area contributed by atoms with E-state index in [4.69, 9.17) is 19.3 Å². The lowest BCUT2D eigenvalue weighted by Crippen LogP contribution is -2.48. The average Bonchev–Trinajstić information content (AvgIpc) is 3.24. The Morgan fingerprint density at radius 2 is 1.18 bits per heavy atom. The molecule has 9 heteroatoms. The summed E-state index contributed by atoms with van der Waals surface area (Å²) in [6, 6.07) is 30.3. The van der Waals surface area contributed by atoms with Gasteiger partial charge in [-0.25, -0.2) is 9.59 Å². The molecule has 324 valence electrons. The Kier molecular flexibility index (Phi) is 12.1. The first-order valence-electron chi connectivity index (χ1n) is 22.0. The average molecular weight is 838 g/mol. The second-order valence-electron chi connectivity index (χ2n) is 19.5. The molecule has 1 amide bonds. The predicted molar refractivity (Wildman–Crippen MR) is 243 cm³/mol. The molecule has 5 aromatic carbocycles. The first kappa shape index (κ1) is 43.2. The van der Waals surface area contributed by atoms with Gasteiger partial charge in [-0.1, -0.05) is 58.0 Å². The van der Waals surface area contributed by atoms with E-state index in [1.807, 2.05) is 24.3 Å². The van der Waals surface area contributed by atoms with Crippen molar-refractivity contribution in [3.63, 3.8) is 0 Å². The smallest absolute Gasteiger partial charge is 0.335 e. The summed E-state index contributed by atoms with van der Waals surface area (Å²) in [6.07, 6.45) is 10.2. The summed E-state index contributed by atoms with van der Waals surface area (Å²) in [5.41, 5.74) is 8.08. The van der Waals surface area contributed by atoms with Gasteiger partial charge < -0.3 is 29.7 Å². The van der Waals surface area contributed by atoms with E-state index in [-0.39, 0.29) is 34.5 Å². The van der Waals surface area contributed by atoms with Gasteiger partial charge in [0.15, 0.2) is 6.79 Å². The second kappa shape index (κ2) is 17.3. The minimum atomic E-state index is -0.984. The van der Waals surface area contributed by atoms with E-state index < -0.39 is 11.9 Å². The third-order valence-electron chi connectivity index (χ3n) is 14.2. The number of methoxy groups -OCH3 is 1. The van der Waals surface area contributed by atoms with Gasteiger partial charge in [-0.05, 0) is 185 Å². The maximum atomic E-state index is 12.7. The molecular weight excluding hydrogens is 779 g/mol. The van der Waals surface area contributed by atoms with Crippen molar-refractivity contribution >= 4 is 34.3 Å². The second-order valence-corrected chi connectivity index (χ2v) is 19.5. The summed E-state index contributed by atoms with van der Waals surface area (Å²) in [4.78, 5) is 34.8. The van der Waals surface area contributed by atoms with Gasteiger partial charge in [0.2, 0.25) is 0 Å². The molecule has 4 saturated carbocycles. The monoisotopic (exact) mass is 837 g/mol. The number of benzene rings is 5. The molecular formula is C53H59NO8. The van der Waals surface area contributed by atoms with Crippen LogP contribution in [0.3, 0.4) is 0 Å². The maximum Gasteiger partial charge on any atom is 0.335 e. The highest BCUT2D eigenvalue weighted by Gasteiger charge is 2.52. The molecule has 5 aliphatic rings. The third-order valence-corrected chi connectivity index (χ3v) is 14.2. The molecule has 3 N–H and O–H groups in total. The fraction of sp³-hybridized carbons (Fsp3) is 0.415. The highest BCUT2D eigenvalue weighted by atomic mass is 16.7. The molecule has 5 aliphatic carbocycles. The van der Waals surface area contributed by atoms with Gasteiger partial charge in [0.25, 0.3) is 5.91 Å². The SMILES string of the molecule is CC1(C)CCC(C)(C)c2cc(C(=O)Nc3ccc(C(=O)O)cc3)ccc21.COCCOCOc1cc2ccc(-c3ccc(C(=O)O)cc3)cc2cc1C12CC3CC(CC(C3)C1)C2. The number of hydrogen-bond acceptors (Lipinski definition) is 6. The van der Waals surface area contributed by atoms with Crippen LogP contribution in [-0.4, -0.2) is 55.2 Å². The summed E-state index contributed by atoms with van der Waals surface area (Å²) in [7, 11) is 1.67. The van der Waals surface area contributed by atoms with E-state index in [2.05, 4.69) is 69.4 Å². The van der Waals surface area contributed by atoms with Crippen LogP contribution in [0.4, 0.5) is 5.69 Å². The normalized spacial score (nSPS) is 22.6. The topological polar surface area (TPSA) is 131 Å². The van der Waals surface area contributed by atoms with Crippen LogP contribution in [0.5, 0.6) is 5.75 Å². The molecule has 0 saturated heterocycles. The molecule has 0 atom stereocenters. The Hall–Kier alpha value is -5.51. The van der Waals surface area contributed by atoms with Crippen LogP contribution in [0.15, 0.2) is 97.1 Å². The van der Waals surface area contributed by atoms with Gasteiger partial charge in [0.05, 0.1) is 24.3 Å². The van der Waals surface area contributed by atoms with Crippen LogP contribution in [-0.2, 0) is 25.7 Å². The fourth-order valence-electron chi connectivity index (χ4n) is 11.2. The Morgan fingerprint density at radius 1 is 0.613 bits per heavy atom. The number of hydrogen-bond donors (Lipinski definition) is 3. The minimum absolute atomic E-state index is 0.0459. The molecule has 0 aliphatic heterocycles. The minimum Gasteiger partial charge on any atom is -0.478 e. The van der Waals surface area contributed by atoms with E-state index in [0.29, 0.717) is 30.0 Å². The predicted octanol–water partition coefficient (Wildman–Crippen LogP) is 11.7. The Labute approximate surface area is 364 Å². The van der Waals surface area contributed by atoms with Gasteiger partial charge in [-0.15, -0.1) is 0 Å². The Morgan fingerprint density at radius 3 is 1.77 bits per heavy atom. The van der Waals surface area contributed by atoms with E-state index in [9.17, 15) is 19.5 Å². The number of amides is 1. The zero-order valence-corrected chi connectivity index (χ0v) is 36.6. The highest BCUT2D eigenvalue weighted by molar-refractivity contribution is 6.04. The summed E-state index contributed by atoms with van der Waals surface area (Å²) in [5, 5.41) is 23.4. The number of aromatic carboxylic acids is 2. The lowest BCUT2D eigenvalue weighted by atomic mass is 9.48. The van der Waals surface area contributed by atoms with Crippen molar-refractivity contribution in [3.8, 4) is 16.9 Å². The van der Waals surface area contributed by atoms with Crippen LogP contribution in [0.2, 0.25) is 0 Å². The van der Waals surface area contributed by atoms with Crippen molar-refractivity contribution in [2.75, 3.05) is 32.4 Å². The van der Waals surface area contributed by atoms with Crippen molar-refractivity contribution in [2.45, 2.75) is 95.3 Å². The lowest BCUT2D eigenvalue weighted by Gasteiger charge is -2.57. The van der Waals surface area contributed by atoms with Crippen molar-refractivity contribution < 1.29 is 38.8 Å². The van der Waals surface area contributed by atoms with Crippen molar-refractivity contribution in [2.24, 2.45) is 17.8 Å². The summed E-state index contributed by atoms with van der Waals surface area (Å²) >= 11 is 0. The van der Waals surface area contributed by atoms with Crippen molar-refractivity contribution in [1.82, 2.24) is 0 Å². The molecule has 62 heavy (non-hydrogen) atoms. The van der Waals surface area contributed by atoms with Gasteiger partial charge in [0.1, 0.15) is 5.75 Å². The van der Waals surface area contributed by atoms with E-state index >= 15 is 0 Å². The molecule has 0 spiro atoms. The van der Waals surface area contributed by atoms with Gasteiger partial charge in [-0.3, -0.25) is 4.79 Å². The molecule has 0 radical (unpaired) electrons. The fourth-order valence-corrected chi connectivity index (χ4v) is 11.2. The number of rotatable bonds is 12. The zero-order chi connectivity index (χ0) is 43.8. The number of fused-ring (bicyclic) bond motifs is 2. The maximum absolute atomic E-state index is 12.7. The standard InChI is InChI=1S/C31H34O5.C22H25NO3/c1-34-8-9-35-19-36-29-15-26-7-6-25(23-2-4-24(5-3-23)30(32)33)13-27(26)14-28(29)31-16-20-10-21(17-31)12-22(11-20)18-31;1-21(2)11-12-22(3,4)18-13-15(7-10-17(18)21)19(24)23-16-8-5-14(6-9-16)20(25)26/h2-7,13-15,20-22H,8-12,16-19H2,1H3,(H,32,33);5-10,13H,11-12H2,1-4H3,(H,23,24)(H,25,26). The number of anilines is 1. The van der Waals surface area contributed by atoms with E-state index in [1.165, 1.54) is 72.7 Å². The number of carbonyl (C=O) groups is 3. The van der Waals surface area contributed by atoms with Crippen LogP contribution in [0.1, 0.15) is 127 Å². The van der Waals surface area contributed by atoms with Gasteiger partial charge >= 0.3 is 11.9 Å². The van der Waals surface area contributed by atoms with Crippen LogP contribution in [0.25, 0.3) is 21.9 Å². The Bertz CT molecular complexity index is 2430. The first-order chi connectivity index (χ1) is 29.6. The molecule has 5 aromatic rings. The highest BCUT2D eigenvalue weighted by Crippen LogP contribution is 2.62. The van der Waals surface area contributed by atoms with E-state index in [1.54, 1.807) is 31.4 Å². The molecule has 4 fully saturated rings. The zero-order valence-electron chi connectivity index (χ0n) is 36.6. The quantitative estimate of drug-likeness (QED) is 0.0836. The number of ether oxygens (including phenoxy) is 3. The summed E-state index contributed by atoms with van der Waals surface area (Å²) in [6.45, 7) is 10.3. The van der Waals surface area contributed by atoms with Crippen LogP contribution < -0.4 is 10.1 Å². The molecule has 10 rings (SSSR count). The summed E-state index contributed by atoms with van der Waals surface area (Å²) < 4.78 is 17.1. The number of carboxylic acid groups (broad SMARTS) is 2. The van der Waals surface area contributed by atoms with Gasteiger partial charge in [-0.2, -0.15) is 0 Å². The molecule has 4 bridgehead atoms. The molecule has 0 unspecified atom stereocenters. The van der Waals surface area contributed by atoms with E-state index in [0.717, 1.165) is 52.9 Å². The number of nitrogens with one attached hydrogen (secondary N) is 1. The first-order valence-corrected chi connectivity index (χ1v) is 22.0. The Balaban J connectivity index is 0.000000181. The van der Waals surface area contributed by atoms with Crippen molar-refractivity contribution in [1.29, 1.82) is 0 Å². The lowest BCUT2D eigenvalue weighted by molar-refractivity contribution is -0.0188. The molecule has 0 heterocycles. The summed E-state index contributed by atoms with van der Waals surface area (Å²) in [5.74, 6) is 1.42. The van der Waals surface area contributed by atoms with Gasteiger partial charge in [0, 0.05) is 23.9 Å². The number of carboxylic acids is 2. The largest absolute Gasteiger partial charge is 0.478 e. The molecule has 0 aromatic heterocycles. The van der Waals surface area contributed by atoms with Crippen LogP contribution in [0, 0.1) is 17.8 Å². The van der Waals surface area contributed by atoms with Crippen LogP contribution >= 0.6 is 0 Å². The number of carbonyl (C=O) groups excluding carboxylic acids is 1. The molecule has 9 nitrogen and oxygen atoms in total.